The minimum atomic E-state index is 0.285. The average Bonchev–Trinajstić information content (AvgIpc) is 3.05. The van der Waals surface area contributed by atoms with E-state index in [1.54, 1.807) is 0 Å². The predicted molar refractivity (Wildman–Crippen MR) is 66.9 cm³/mol. The summed E-state index contributed by atoms with van der Waals surface area (Å²) in [6, 6.07) is 8.99. The second kappa shape index (κ2) is 5.35. The lowest BCUT2D eigenvalue weighted by molar-refractivity contribution is 0.208. The molecule has 0 amide bonds. The smallest absolute Gasteiger partial charge is 0.122 e. The molecule has 0 heterocycles. The molecule has 0 radical (unpaired) electrons. The number of aryl methyl sites for hydroxylation is 1. The van der Waals surface area contributed by atoms with Crippen molar-refractivity contribution in [1.29, 1.82) is 0 Å². The number of para-hydroxylation sites is 1. The minimum Gasteiger partial charge on any atom is -0.490 e. The Balaban J connectivity index is 1.73. The monoisotopic (exact) mass is 219 g/mol. The Labute approximate surface area is 98.0 Å². The van der Waals surface area contributed by atoms with Crippen molar-refractivity contribution in [3.05, 3.63) is 29.8 Å². The molecule has 1 aromatic rings. The molecule has 2 heteroatoms. The maximum atomic E-state index is 5.91. The summed E-state index contributed by atoms with van der Waals surface area (Å²) in [6.07, 6.45) is 4.07. The molecule has 1 aliphatic rings. The molecule has 1 fully saturated rings. The molecule has 1 atom stereocenters. The van der Waals surface area contributed by atoms with Crippen LogP contribution in [0.15, 0.2) is 24.3 Å². The van der Waals surface area contributed by atoms with Gasteiger partial charge in [-0.05, 0) is 51.3 Å². The van der Waals surface area contributed by atoms with Gasteiger partial charge in [-0.2, -0.15) is 0 Å². The fourth-order valence-electron chi connectivity index (χ4n) is 1.74. The van der Waals surface area contributed by atoms with E-state index in [-0.39, 0.29) is 6.10 Å². The number of ether oxygens (including phenoxy) is 1. The van der Waals surface area contributed by atoms with Crippen molar-refractivity contribution >= 4 is 0 Å². The summed E-state index contributed by atoms with van der Waals surface area (Å²) in [5.41, 5.74) is 1.21. The lowest BCUT2D eigenvalue weighted by Gasteiger charge is -2.16. The van der Waals surface area contributed by atoms with Gasteiger partial charge in [0.1, 0.15) is 5.75 Å². The minimum absolute atomic E-state index is 0.285. The van der Waals surface area contributed by atoms with Gasteiger partial charge in [-0.3, -0.25) is 0 Å². The van der Waals surface area contributed by atoms with Gasteiger partial charge in [0.15, 0.2) is 0 Å². The summed E-state index contributed by atoms with van der Waals surface area (Å²) in [5.74, 6) is 1.02. The van der Waals surface area contributed by atoms with Gasteiger partial charge in [0.25, 0.3) is 0 Å². The van der Waals surface area contributed by atoms with E-state index in [1.165, 1.54) is 18.4 Å². The maximum absolute atomic E-state index is 5.91. The van der Waals surface area contributed by atoms with Crippen molar-refractivity contribution in [2.45, 2.75) is 45.3 Å². The highest BCUT2D eigenvalue weighted by atomic mass is 16.5. The van der Waals surface area contributed by atoms with Gasteiger partial charge in [-0.1, -0.05) is 18.2 Å². The first kappa shape index (κ1) is 11.5. The molecule has 1 unspecified atom stereocenters. The number of rotatable bonds is 6. The number of nitrogens with one attached hydrogen (secondary N) is 1. The highest BCUT2D eigenvalue weighted by Crippen LogP contribution is 2.20. The Hall–Kier alpha value is -1.02. The largest absolute Gasteiger partial charge is 0.490 e. The standard InChI is InChI=1S/C14H21NO/c1-11-5-3-4-6-14(11)16-12(2)9-10-15-13-7-8-13/h3-6,12-13,15H,7-10H2,1-2H3. The molecule has 88 valence electrons. The first-order valence-electron chi connectivity index (χ1n) is 6.21. The van der Waals surface area contributed by atoms with Gasteiger partial charge in [-0.15, -0.1) is 0 Å². The van der Waals surface area contributed by atoms with Crippen LogP contribution in [0.3, 0.4) is 0 Å². The van der Waals surface area contributed by atoms with E-state index < -0.39 is 0 Å². The second-order valence-corrected chi connectivity index (χ2v) is 4.71. The first-order chi connectivity index (χ1) is 7.75. The van der Waals surface area contributed by atoms with Crippen LogP contribution in [0.25, 0.3) is 0 Å². The van der Waals surface area contributed by atoms with E-state index in [2.05, 4.69) is 25.2 Å². The predicted octanol–water partition coefficient (Wildman–Crippen LogP) is 2.90. The molecule has 16 heavy (non-hydrogen) atoms. The topological polar surface area (TPSA) is 21.3 Å². The number of hydrogen-bond acceptors (Lipinski definition) is 2. The SMILES string of the molecule is Cc1ccccc1OC(C)CCNC1CC1. The van der Waals surface area contributed by atoms with Gasteiger partial charge in [0.05, 0.1) is 6.10 Å². The quantitative estimate of drug-likeness (QED) is 0.794. The van der Waals surface area contributed by atoms with Crippen LogP contribution in [-0.4, -0.2) is 18.7 Å². The molecule has 1 aromatic carbocycles. The van der Waals surface area contributed by atoms with E-state index in [1.807, 2.05) is 18.2 Å². The Bertz CT molecular complexity index is 333. The third-order valence-corrected chi connectivity index (χ3v) is 2.98. The Morgan fingerprint density at radius 3 is 2.81 bits per heavy atom. The molecule has 1 aliphatic carbocycles. The van der Waals surface area contributed by atoms with E-state index in [9.17, 15) is 0 Å². The van der Waals surface area contributed by atoms with Crippen LogP contribution < -0.4 is 10.1 Å². The summed E-state index contributed by atoms with van der Waals surface area (Å²) in [7, 11) is 0. The summed E-state index contributed by atoms with van der Waals surface area (Å²) < 4.78 is 5.91. The van der Waals surface area contributed by atoms with Crippen molar-refractivity contribution in [3.8, 4) is 5.75 Å². The zero-order valence-electron chi connectivity index (χ0n) is 10.2. The van der Waals surface area contributed by atoms with Gasteiger partial charge < -0.3 is 10.1 Å². The van der Waals surface area contributed by atoms with Crippen LogP contribution in [0.2, 0.25) is 0 Å². The molecule has 0 bridgehead atoms. The maximum Gasteiger partial charge on any atom is 0.122 e. The van der Waals surface area contributed by atoms with Gasteiger partial charge in [0.2, 0.25) is 0 Å². The number of hydrogen-bond donors (Lipinski definition) is 1. The van der Waals surface area contributed by atoms with Crippen LogP contribution >= 0.6 is 0 Å². The van der Waals surface area contributed by atoms with Crippen molar-refractivity contribution in [2.24, 2.45) is 0 Å². The Morgan fingerprint density at radius 1 is 1.38 bits per heavy atom. The molecule has 2 rings (SSSR count). The molecule has 0 aromatic heterocycles. The fraction of sp³-hybridized carbons (Fsp3) is 0.571. The average molecular weight is 219 g/mol. The lowest BCUT2D eigenvalue weighted by Crippen LogP contribution is -2.23. The Kier molecular flexibility index (Phi) is 3.83. The van der Waals surface area contributed by atoms with Gasteiger partial charge in [0, 0.05) is 6.04 Å². The third-order valence-electron chi connectivity index (χ3n) is 2.98. The summed E-state index contributed by atoms with van der Waals surface area (Å²) in [4.78, 5) is 0. The molecular formula is C14H21NO. The lowest BCUT2D eigenvalue weighted by atomic mass is 10.2. The molecule has 0 aliphatic heterocycles. The normalized spacial score (nSPS) is 17.1. The van der Waals surface area contributed by atoms with Crippen molar-refractivity contribution in [1.82, 2.24) is 5.32 Å². The molecule has 0 spiro atoms. The molecule has 1 N–H and O–H groups in total. The van der Waals surface area contributed by atoms with Crippen molar-refractivity contribution in [2.75, 3.05) is 6.54 Å². The van der Waals surface area contributed by atoms with Crippen LogP contribution in [0.1, 0.15) is 31.7 Å². The summed E-state index contributed by atoms with van der Waals surface area (Å²) in [6.45, 7) is 5.29. The molecular weight excluding hydrogens is 198 g/mol. The van der Waals surface area contributed by atoms with E-state index >= 15 is 0 Å². The molecule has 0 saturated heterocycles. The van der Waals surface area contributed by atoms with Crippen molar-refractivity contribution < 1.29 is 4.74 Å². The van der Waals surface area contributed by atoms with E-state index in [0.717, 1.165) is 24.8 Å². The molecule has 2 nitrogen and oxygen atoms in total. The zero-order chi connectivity index (χ0) is 11.4. The fourth-order valence-corrected chi connectivity index (χ4v) is 1.74. The highest BCUT2D eigenvalue weighted by Gasteiger charge is 2.20. The molecule has 1 saturated carbocycles. The summed E-state index contributed by atoms with van der Waals surface area (Å²) >= 11 is 0. The van der Waals surface area contributed by atoms with Gasteiger partial charge in [-0.25, -0.2) is 0 Å². The summed E-state index contributed by atoms with van der Waals surface area (Å²) in [5, 5.41) is 3.51. The van der Waals surface area contributed by atoms with Crippen LogP contribution in [0.5, 0.6) is 5.75 Å². The number of benzene rings is 1. The van der Waals surface area contributed by atoms with Crippen LogP contribution in [-0.2, 0) is 0 Å². The van der Waals surface area contributed by atoms with Crippen molar-refractivity contribution in [3.63, 3.8) is 0 Å². The zero-order valence-corrected chi connectivity index (χ0v) is 10.2. The third kappa shape index (κ3) is 3.53. The Morgan fingerprint density at radius 2 is 2.12 bits per heavy atom. The van der Waals surface area contributed by atoms with Crippen LogP contribution in [0.4, 0.5) is 0 Å². The van der Waals surface area contributed by atoms with E-state index in [0.29, 0.717) is 0 Å². The second-order valence-electron chi connectivity index (χ2n) is 4.71. The highest BCUT2D eigenvalue weighted by molar-refractivity contribution is 5.31. The first-order valence-corrected chi connectivity index (χ1v) is 6.21. The van der Waals surface area contributed by atoms with Gasteiger partial charge >= 0.3 is 0 Å². The van der Waals surface area contributed by atoms with E-state index in [4.69, 9.17) is 4.74 Å². The van der Waals surface area contributed by atoms with Crippen LogP contribution in [0, 0.1) is 6.92 Å².